The average molecular weight is 496 g/mol. The van der Waals surface area contributed by atoms with Gasteiger partial charge in [0.15, 0.2) is 5.96 Å². The molecule has 0 spiro atoms. The second kappa shape index (κ2) is 10.8. The van der Waals surface area contributed by atoms with Gasteiger partial charge in [0.2, 0.25) is 0 Å². The molecule has 0 bridgehead atoms. The Morgan fingerprint density at radius 2 is 1.96 bits per heavy atom. The Balaban J connectivity index is 0.00000280. The molecule has 1 saturated carbocycles. The third-order valence-electron chi connectivity index (χ3n) is 5.05. The smallest absolute Gasteiger partial charge is 0.194 e. The zero-order valence-corrected chi connectivity index (χ0v) is 19.7. The van der Waals surface area contributed by atoms with Crippen LogP contribution in [-0.2, 0) is 6.54 Å². The molecule has 6 nitrogen and oxygen atoms in total. The van der Waals surface area contributed by atoms with Gasteiger partial charge in [-0.1, -0.05) is 30.3 Å². The van der Waals surface area contributed by atoms with Crippen molar-refractivity contribution in [3.05, 3.63) is 42.4 Å². The van der Waals surface area contributed by atoms with E-state index in [1.165, 1.54) is 12.8 Å². The van der Waals surface area contributed by atoms with Crippen molar-refractivity contribution in [1.82, 2.24) is 25.1 Å². The Morgan fingerprint density at radius 3 is 2.57 bits per heavy atom. The molecule has 7 heteroatoms. The number of rotatable bonds is 8. The highest BCUT2D eigenvalue weighted by atomic mass is 127. The minimum Gasteiger partial charge on any atom is -0.357 e. The summed E-state index contributed by atoms with van der Waals surface area (Å²) in [5, 5.41) is 3.41. The molecule has 0 amide bonds. The fourth-order valence-corrected chi connectivity index (χ4v) is 3.37. The fourth-order valence-electron chi connectivity index (χ4n) is 3.37. The number of H-pyrrole nitrogens is 1. The van der Waals surface area contributed by atoms with Crippen LogP contribution in [0.5, 0.6) is 0 Å². The highest BCUT2D eigenvalue weighted by Crippen LogP contribution is 2.34. The molecule has 1 aromatic heterocycles. The Labute approximate surface area is 185 Å². The third kappa shape index (κ3) is 6.20. The van der Waals surface area contributed by atoms with Crippen LogP contribution in [0.15, 0.2) is 41.5 Å². The van der Waals surface area contributed by atoms with Crippen LogP contribution in [0.3, 0.4) is 0 Å². The Kier molecular flexibility index (Phi) is 8.75. The van der Waals surface area contributed by atoms with Crippen LogP contribution < -0.4 is 5.32 Å². The molecule has 1 aliphatic rings. The lowest BCUT2D eigenvalue weighted by molar-refractivity contribution is 0.270. The molecule has 1 aromatic carbocycles. The van der Waals surface area contributed by atoms with Crippen molar-refractivity contribution in [2.45, 2.75) is 32.4 Å². The highest BCUT2D eigenvalue weighted by Gasteiger charge is 2.32. The zero-order chi connectivity index (χ0) is 19.2. The van der Waals surface area contributed by atoms with Gasteiger partial charge >= 0.3 is 0 Å². The molecule has 1 unspecified atom stereocenters. The van der Waals surface area contributed by atoms with Crippen molar-refractivity contribution in [3.63, 3.8) is 0 Å². The van der Waals surface area contributed by atoms with Gasteiger partial charge in [0, 0.05) is 19.6 Å². The molecule has 1 fully saturated rings. The van der Waals surface area contributed by atoms with Gasteiger partial charge in [0.05, 0.1) is 25.0 Å². The molecule has 2 N–H and O–H groups in total. The molecular weight excluding hydrogens is 463 g/mol. The largest absolute Gasteiger partial charge is 0.357 e. The molecule has 154 valence electrons. The molecule has 0 saturated heterocycles. The van der Waals surface area contributed by atoms with Gasteiger partial charge in [0.1, 0.15) is 5.82 Å². The summed E-state index contributed by atoms with van der Waals surface area (Å²) in [7, 11) is 6.38. The summed E-state index contributed by atoms with van der Waals surface area (Å²) in [5.74, 6) is 2.67. The molecular formula is C21H33IN6. The third-order valence-corrected chi connectivity index (χ3v) is 5.05. The lowest BCUT2D eigenvalue weighted by atomic mass is 10.2. The molecule has 28 heavy (non-hydrogen) atoms. The number of aliphatic imine (C=N–C) groups is 1. The first-order valence-electron chi connectivity index (χ1n) is 9.83. The molecule has 1 aliphatic carbocycles. The summed E-state index contributed by atoms with van der Waals surface area (Å²) in [6, 6.07) is 10.8. The molecule has 1 heterocycles. The average Bonchev–Trinajstić information content (AvgIpc) is 3.39. The van der Waals surface area contributed by atoms with E-state index in [0.29, 0.717) is 12.6 Å². The number of hydrogen-bond donors (Lipinski definition) is 2. The highest BCUT2D eigenvalue weighted by molar-refractivity contribution is 14.0. The number of nitrogens with zero attached hydrogens (tertiary/aromatic N) is 4. The Bertz CT molecular complexity index is 736. The first-order chi connectivity index (χ1) is 13.1. The predicted octanol–water partition coefficient (Wildman–Crippen LogP) is 3.43. The van der Waals surface area contributed by atoms with Crippen LogP contribution in [0, 0.1) is 5.92 Å². The minimum absolute atomic E-state index is 0. The van der Waals surface area contributed by atoms with Crippen LogP contribution >= 0.6 is 24.0 Å². The summed E-state index contributed by atoms with van der Waals surface area (Å²) in [6.45, 7) is 4.48. The first-order valence-corrected chi connectivity index (χ1v) is 9.83. The normalized spacial score (nSPS) is 15.2. The number of benzene rings is 1. The SMILES string of the molecule is CCNC(=NCC(C1CC1)N(C)C)N(C)Cc1ncc(-c2ccccc2)[nH]1.I. The number of guanidine groups is 1. The van der Waals surface area contributed by atoms with Gasteiger partial charge in [0.25, 0.3) is 0 Å². The summed E-state index contributed by atoms with van der Waals surface area (Å²) < 4.78 is 0. The van der Waals surface area contributed by atoms with E-state index >= 15 is 0 Å². The number of aromatic nitrogens is 2. The van der Waals surface area contributed by atoms with Crippen molar-refractivity contribution in [1.29, 1.82) is 0 Å². The van der Waals surface area contributed by atoms with E-state index in [4.69, 9.17) is 4.99 Å². The van der Waals surface area contributed by atoms with Gasteiger partial charge in [-0.25, -0.2) is 4.98 Å². The number of halogens is 1. The van der Waals surface area contributed by atoms with Gasteiger partial charge in [-0.3, -0.25) is 4.99 Å². The summed E-state index contributed by atoms with van der Waals surface area (Å²) >= 11 is 0. The predicted molar refractivity (Wildman–Crippen MR) is 127 cm³/mol. The topological polar surface area (TPSA) is 59.6 Å². The van der Waals surface area contributed by atoms with Crippen molar-refractivity contribution >= 4 is 29.9 Å². The summed E-state index contributed by atoms with van der Waals surface area (Å²) in [4.78, 5) is 17.3. The van der Waals surface area contributed by atoms with E-state index in [9.17, 15) is 0 Å². The van der Waals surface area contributed by atoms with Crippen LogP contribution in [0.1, 0.15) is 25.6 Å². The molecule has 3 rings (SSSR count). The zero-order valence-electron chi connectivity index (χ0n) is 17.4. The molecule has 0 radical (unpaired) electrons. The maximum absolute atomic E-state index is 4.91. The van der Waals surface area contributed by atoms with Gasteiger partial charge < -0.3 is 20.1 Å². The van der Waals surface area contributed by atoms with Crippen molar-refractivity contribution < 1.29 is 0 Å². The fraction of sp³-hybridized carbons (Fsp3) is 0.524. The second-order valence-electron chi connectivity index (χ2n) is 7.53. The quantitative estimate of drug-likeness (QED) is 0.334. The number of imidazole rings is 1. The van der Waals surface area contributed by atoms with Crippen molar-refractivity contribution in [2.24, 2.45) is 10.9 Å². The lowest BCUT2D eigenvalue weighted by Crippen LogP contribution is -2.40. The Morgan fingerprint density at radius 1 is 1.25 bits per heavy atom. The van der Waals surface area contributed by atoms with Crippen LogP contribution in [0.25, 0.3) is 11.3 Å². The van der Waals surface area contributed by atoms with E-state index in [0.717, 1.165) is 42.0 Å². The second-order valence-corrected chi connectivity index (χ2v) is 7.53. The van der Waals surface area contributed by atoms with Crippen molar-refractivity contribution in [2.75, 3.05) is 34.2 Å². The standard InChI is InChI=1S/C21H32N6.HI/c1-5-22-21(24-14-19(26(2)3)17-11-12-17)27(4)15-20-23-13-18(25-20)16-9-7-6-8-10-16;/h6-10,13,17,19H,5,11-12,14-15H2,1-4H3,(H,22,24)(H,23,25);1H. The molecule has 2 aromatic rings. The van der Waals surface area contributed by atoms with Gasteiger partial charge in [-0.2, -0.15) is 0 Å². The number of likely N-dealkylation sites (N-methyl/N-ethyl adjacent to an activating group) is 1. The lowest BCUT2D eigenvalue weighted by Gasteiger charge is -2.25. The molecule has 0 aliphatic heterocycles. The molecule has 1 atom stereocenters. The van der Waals surface area contributed by atoms with Crippen LogP contribution in [-0.4, -0.2) is 66.0 Å². The number of hydrogen-bond acceptors (Lipinski definition) is 3. The van der Waals surface area contributed by atoms with Gasteiger partial charge in [-0.05, 0) is 45.3 Å². The van der Waals surface area contributed by atoms with E-state index in [1.807, 2.05) is 24.4 Å². The Hall–Kier alpha value is -1.61. The maximum Gasteiger partial charge on any atom is 0.194 e. The number of nitrogens with one attached hydrogen (secondary N) is 2. The minimum atomic E-state index is 0. The van der Waals surface area contributed by atoms with E-state index in [-0.39, 0.29) is 24.0 Å². The first kappa shape index (κ1) is 22.7. The number of aromatic amines is 1. The van der Waals surface area contributed by atoms with Crippen molar-refractivity contribution in [3.8, 4) is 11.3 Å². The van der Waals surface area contributed by atoms with Gasteiger partial charge in [-0.15, -0.1) is 24.0 Å². The van der Waals surface area contributed by atoms with Crippen LogP contribution in [0.2, 0.25) is 0 Å². The monoisotopic (exact) mass is 496 g/mol. The maximum atomic E-state index is 4.91. The van der Waals surface area contributed by atoms with Crippen LogP contribution in [0.4, 0.5) is 0 Å². The van der Waals surface area contributed by atoms with E-state index in [2.05, 4.69) is 65.3 Å². The van der Waals surface area contributed by atoms with E-state index in [1.54, 1.807) is 0 Å². The summed E-state index contributed by atoms with van der Waals surface area (Å²) in [5.41, 5.74) is 2.19. The van der Waals surface area contributed by atoms with E-state index < -0.39 is 0 Å². The summed E-state index contributed by atoms with van der Waals surface area (Å²) in [6.07, 6.45) is 4.57.